The molecule has 0 aromatic rings. The summed E-state index contributed by atoms with van der Waals surface area (Å²) >= 11 is 0. The van der Waals surface area contributed by atoms with Gasteiger partial charge in [0, 0.05) is 0 Å². The lowest BCUT2D eigenvalue weighted by atomic mass is 10.1. The fourth-order valence-electron chi connectivity index (χ4n) is 1.10. The smallest absolute Gasteiger partial charge is 0.0326 e. The minimum absolute atomic E-state index is 0. The largest absolute Gasteiger partial charge is 0.138 e. The zero-order chi connectivity index (χ0) is 8.53. The maximum absolute atomic E-state index is 3.89. The van der Waals surface area contributed by atoms with Crippen molar-refractivity contribution in [1.29, 1.82) is 0 Å². The molecule has 0 radical (unpaired) electrons. The van der Waals surface area contributed by atoms with Crippen LogP contribution in [-0.2, 0) is 0 Å². The molecule has 0 rings (SSSR count). The van der Waals surface area contributed by atoms with Crippen LogP contribution in [0, 0.1) is 0 Å². The summed E-state index contributed by atoms with van der Waals surface area (Å²) in [5.41, 5.74) is 1.33. The van der Waals surface area contributed by atoms with Crippen LogP contribution in [0.2, 0.25) is 0 Å². The Balaban J connectivity index is -0.00000000758. The molecular formula is C22H69P. The van der Waals surface area contributed by atoms with Gasteiger partial charge in [0.1, 0.15) is 0 Å². The van der Waals surface area contributed by atoms with E-state index in [-0.39, 0.29) is 89.1 Å². The third-order valence-corrected chi connectivity index (χ3v) is 2.22. The van der Waals surface area contributed by atoms with E-state index < -0.39 is 0 Å². The Morgan fingerprint density at radius 3 is 1.09 bits per heavy atom. The Kier molecular flexibility index (Phi) is 460. The van der Waals surface area contributed by atoms with E-state index in [0.717, 1.165) is 0 Å². The molecule has 0 fully saturated rings. The van der Waals surface area contributed by atoms with Gasteiger partial charge in [0.2, 0.25) is 0 Å². The lowest BCUT2D eigenvalue weighted by molar-refractivity contribution is 0.633. The van der Waals surface area contributed by atoms with Crippen LogP contribution in [0.3, 0.4) is 0 Å². The Bertz CT molecular complexity index is 98.1. The quantitative estimate of drug-likeness (QED) is 0.239. The third kappa shape index (κ3) is 135. The minimum Gasteiger partial charge on any atom is -0.138 e. The molecule has 0 aliphatic heterocycles. The van der Waals surface area contributed by atoms with Gasteiger partial charge in [-0.1, -0.05) is 114 Å². The molecule has 0 aromatic carbocycles. The maximum atomic E-state index is 3.89. The third-order valence-electron chi connectivity index (χ3n) is 1.81. The molecule has 0 saturated carbocycles. The molecule has 1 unspecified atom stereocenters. The first-order valence-electron chi connectivity index (χ1n) is 4.62. The average Bonchev–Trinajstić information content (AvgIpc) is 1.96. The summed E-state index contributed by atoms with van der Waals surface area (Å²) < 4.78 is 0. The molecule has 0 aromatic heterocycles. The molecule has 0 amide bonds. The molecule has 0 saturated heterocycles. The van der Waals surface area contributed by atoms with Crippen LogP contribution in [-0.4, -0.2) is 6.16 Å². The van der Waals surface area contributed by atoms with Crippen LogP contribution < -0.4 is 0 Å². The highest BCUT2D eigenvalue weighted by atomic mass is 31.0. The second-order valence-electron chi connectivity index (χ2n) is 3.26. The first-order valence-corrected chi connectivity index (χ1v) is 5.43. The van der Waals surface area contributed by atoms with Gasteiger partial charge in [-0.15, -0.1) is 15.8 Å². The van der Waals surface area contributed by atoms with Crippen LogP contribution in [0.5, 0.6) is 0 Å². The van der Waals surface area contributed by atoms with Crippen molar-refractivity contribution in [3.05, 3.63) is 12.2 Å². The standard InChI is InChI=1S/C10H21P.12CH4/c1-10(2)8-6-4-3-5-7-9-11;;;;;;;;;;;;/h1,3-9,11H2,2H3;12*1H4. The topological polar surface area (TPSA) is 0 Å². The zero-order valence-corrected chi connectivity index (χ0v) is 8.89. The van der Waals surface area contributed by atoms with Gasteiger partial charge in [-0.25, -0.2) is 0 Å². The van der Waals surface area contributed by atoms with Gasteiger partial charge < -0.3 is 0 Å². The first-order chi connectivity index (χ1) is 5.27. The van der Waals surface area contributed by atoms with Crippen LogP contribution in [0.15, 0.2) is 12.2 Å². The van der Waals surface area contributed by atoms with Crippen molar-refractivity contribution in [3.63, 3.8) is 0 Å². The number of allylic oxidation sites excluding steroid dienone is 1. The number of hydrogen-bond donors (Lipinski definition) is 0. The van der Waals surface area contributed by atoms with Crippen molar-refractivity contribution in [2.75, 3.05) is 6.16 Å². The van der Waals surface area contributed by atoms with Gasteiger partial charge in [-0.3, -0.25) is 0 Å². The SMILES string of the molecule is C.C.C.C.C.C.C.C.C.C.C.C.C=C(C)CCCCCCCP. The van der Waals surface area contributed by atoms with Crippen molar-refractivity contribution >= 4 is 9.24 Å². The molecule has 0 aliphatic carbocycles. The van der Waals surface area contributed by atoms with Crippen LogP contribution >= 0.6 is 9.24 Å². The minimum atomic E-state index is 0. The highest BCUT2D eigenvalue weighted by Gasteiger charge is 1.89. The molecule has 0 aliphatic rings. The van der Waals surface area contributed by atoms with E-state index in [4.69, 9.17) is 0 Å². The van der Waals surface area contributed by atoms with Crippen LogP contribution in [0.1, 0.15) is 135 Å². The summed E-state index contributed by atoms with van der Waals surface area (Å²) in [6, 6.07) is 0. The molecule has 0 N–H and O–H groups in total. The maximum Gasteiger partial charge on any atom is -0.0326 e. The van der Waals surface area contributed by atoms with Gasteiger partial charge in [0.15, 0.2) is 0 Å². The van der Waals surface area contributed by atoms with Crippen LogP contribution in [0.25, 0.3) is 0 Å². The molecule has 0 bridgehead atoms. The van der Waals surface area contributed by atoms with E-state index in [1.54, 1.807) is 0 Å². The summed E-state index contributed by atoms with van der Waals surface area (Å²) in [6.45, 7) is 6.00. The lowest BCUT2D eigenvalue weighted by Crippen LogP contribution is -1.80. The molecule has 0 spiro atoms. The normalized spacial score (nSPS) is 4.78. The number of unbranched alkanes of at least 4 members (excludes halogenated alkanes) is 4. The van der Waals surface area contributed by atoms with E-state index in [2.05, 4.69) is 22.7 Å². The number of rotatable bonds is 7. The molecule has 1 atom stereocenters. The second kappa shape index (κ2) is 96.1. The summed E-state index contributed by atoms with van der Waals surface area (Å²) in [7, 11) is 2.78. The monoisotopic (exact) mass is 365 g/mol. The average molecular weight is 365 g/mol. The summed E-state index contributed by atoms with van der Waals surface area (Å²) in [6.07, 6.45) is 9.39. The van der Waals surface area contributed by atoms with Gasteiger partial charge >= 0.3 is 0 Å². The van der Waals surface area contributed by atoms with E-state index in [9.17, 15) is 0 Å². The fraction of sp³-hybridized carbons (Fsp3) is 0.909. The molecule has 0 heterocycles. The van der Waals surface area contributed by atoms with Crippen molar-refractivity contribution in [1.82, 2.24) is 0 Å². The first kappa shape index (κ1) is 110. The van der Waals surface area contributed by atoms with Crippen molar-refractivity contribution in [3.8, 4) is 0 Å². The van der Waals surface area contributed by atoms with Crippen molar-refractivity contribution in [2.24, 2.45) is 0 Å². The summed E-state index contributed by atoms with van der Waals surface area (Å²) in [5.74, 6) is 0. The predicted octanol–water partition coefficient (Wildman–Crippen LogP) is 11.4. The van der Waals surface area contributed by atoms with Crippen molar-refractivity contribution < 1.29 is 0 Å². The fourth-order valence-corrected chi connectivity index (χ4v) is 1.39. The van der Waals surface area contributed by atoms with Gasteiger partial charge in [0.25, 0.3) is 0 Å². The van der Waals surface area contributed by atoms with Gasteiger partial charge in [0.05, 0.1) is 0 Å². The summed E-state index contributed by atoms with van der Waals surface area (Å²) in [4.78, 5) is 0. The lowest BCUT2D eigenvalue weighted by Gasteiger charge is -1.99. The Morgan fingerprint density at radius 2 is 0.826 bits per heavy atom. The summed E-state index contributed by atoms with van der Waals surface area (Å²) in [5, 5.41) is 0. The molecular weight excluding hydrogens is 295 g/mol. The Hall–Kier alpha value is 0.170. The van der Waals surface area contributed by atoms with E-state index >= 15 is 0 Å². The van der Waals surface area contributed by atoms with Gasteiger partial charge in [-0.2, -0.15) is 0 Å². The van der Waals surface area contributed by atoms with Crippen molar-refractivity contribution in [2.45, 2.75) is 135 Å². The van der Waals surface area contributed by atoms with E-state index in [1.165, 1.54) is 50.3 Å². The highest BCUT2D eigenvalue weighted by Crippen LogP contribution is 2.09. The highest BCUT2D eigenvalue weighted by molar-refractivity contribution is 7.16. The zero-order valence-electron chi connectivity index (χ0n) is 7.73. The number of hydrogen-bond acceptors (Lipinski definition) is 0. The molecule has 162 valence electrons. The van der Waals surface area contributed by atoms with E-state index in [0.29, 0.717) is 0 Å². The molecule has 1 heteroatoms. The predicted molar refractivity (Wildman–Crippen MR) is 138 cm³/mol. The Labute approximate surface area is 162 Å². The Morgan fingerprint density at radius 1 is 0.565 bits per heavy atom. The van der Waals surface area contributed by atoms with Gasteiger partial charge in [-0.05, 0) is 32.3 Å². The molecule has 0 nitrogen and oxygen atoms in total. The van der Waals surface area contributed by atoms with E-state index in [1.807, 2.05) is 0 Å². The second-order valence-corrected chi connectivity index (χ2v) is 3.84. The van der Waals surface area contributed by atoms with Crippen LogP contribution in [0.4, 0.5) is 0 Å². The molecule has 23 heavy (non-hydrogen) atoms.